The Balaban J connectivity index is 1.79. The lowest BCUT2D eigenvalue weighted by atomic mass is 10.1. The molecule has 1 N–H and O–H groups in total. The first-order valence-electron chi connectivity index (χ1n) is 6.33. The van der Waals surface area contributed by atoms with E-state index in [9.17, 15) is 4.79 Å². The van der Waals surface area contributed by atoms with Crippen LogP contribution in [0.3, 0.4) is 0 Å². The summed E-state index contributed by atoms with van der Waals surface area (Å²) in [6.45, 7) is 6.91. The molecule has 1 amide bonds. The molecule has 0 bridgehead atoms. The lowest BCUT2D eigenvalue weighted by molar-refractivity contribution is 0.0105. The van der Waals surface area contributed by atoms with Crippen LogP contribution in [0.5, 0.6) is 0 Å². The van der Waals surface area contributed by atoms with E-state index in [2.05, 4.69) is 5.32 Å². The van der Waals surface area contributed by atoms with Gasteiger partial charge in [-0.05, 0) is 39.0 Å². The molecular weight excluding hydrogens is 264 g/mol. The van der Waals surface area contributed by atoms with E-state index in [1.165, 1.54) is 0 Å². The lowest BCUT2D eigenvalue weighted by Gasteiger charge is -2.40. The molecule has 0 saturated carbocycles. The summed E-state index contributed by atoms with van der Waals surface area (Å²) in [7, 11) is 0. The van der Waals surface area contributed by atoms with Crippen molar-refractivity contribution < 1.29 is 9.53 Å². The van der Waals surface area contributed by atoms with Gasteiger partial charge in [0.1, 0.15) is 5.60 Å². The van der Waals surface area contributed by atoms with Crippen molar-refractivity contribution >= 4 is 23.4 Å². The van der Waals surface area contributed by atoms with Crippen LogP contribution in [0.4, 0.5) is 10.5 Å². The van der Waals surface area contributed by atoms with E-state index >= 15 is 0 Å². The maximum atomic E-state index is 11.7. The zero-order chi connectivity index (χ0) is 14.0. The molecule has 19 heavy (non-hydrogen) atoms. The second-order valence-corrected chi connectivity index (χ2v) is 6.17. The number of likely N-dealkylation sites (tertiary alicyclic amines) is 1. The molecule has 1 saturated heterocycles. The smallest absolute Gasteiger partial charge is 0.410 e. The van der Waals surface area contributed by atoms with Crippen LogP contribution in [0.15, 0.2) is 24.3 Å². The third-order valence-corrected chi connectivity index (χ3v) is 2.96. The molecule has 1 aromatic rings. The molecule has 5 heteroatoms. The Morgan fingerprint density at radius 1 is 1.42 bits per heavy atom. The monoisotopic (exact) mass is 282 g/mol. The predicted molar refractivity (Wildman–Crippen MR) is 76.7 cm³/mol. The number of carbonyl (C=O) groups excluding carboxylic acids is 1. The molecule has 4 nitrogen and oxygen atoms in total. The van der Waals surface area contributed by atoms with Crippen LogP contribution < -0.4 is 5.32 Å². The quantitative estimate of drug-likeness (QED) is 0.904. The van der Waals surface area contributed by atoms with Crippen molar-refractivity contribution in [2.24, 2.45) is 0 Å². The van der Waals surface area contributed by atoms with Crippen molar-refractivity contribution in [3.63, 3.8) is 0 Å². The molecular formula is C14H19ClN2O2. The first kappa shape index (κ1) is 14.0. The number of nitrogens with one attached hydrogen (secondary N) is 1. The third-order valence-electron chi connectivity index (χ3n) is 2.73. The minimum atomic E-state index is -0.442. The fourth-order valence-electron chi connectivity index (χ4n) is 1.86. The van der Waals surface area contributed by atoms with E-state index in [0.717, 1.165) is 5.69 Å². The summed E-state index contributed by atoms with van der Waals surface area (Å²) in [5, 5.41) is 4.04. The van der Waals surface area contributed by atoms with Gasteiger partial charge in [0.15, 0.2) is 0 Å². The van der Waals surface area contributed by atoms with Crippen LogP contribution in [0.2, 0.25) is 5.02 Å². The van der Waals surface area contributed by atoms with Gasteiger partial charge in [-0.3, -0.25) is 0 Å². The van der Waals surface area contributed by atoms with Crippen LogP contribution in [0.1, 0.15) is 20.8 Å². The maximum Gasteiger partial charge on any atom is 0.410 e. The van der Waals surface area contributed by atoms with Gasteiger partial charge in [0, 0.05) is 23.8 Å². The molecule has 0 aliphatic carbocycles. The van der Waals surface area contributed by atoms with Crippen LogP contribution in [0.25, 0.3) is 0 Å². The van der Waals surface area contributed by atoms with Crippen LogP contribution in [-0.2, 0) is 4.74 Å². The van der Waals surface area contributed by atoms with Crippen LogP contribution >= 0.6 is 11.6 Å². The zero-order valence-corrected chi connectivity index (χ0v) is 12.2. The molecule has 0 radical (unpaired) electrons. The fraction of sp³-hybridized carbons (Fsp3) is 0.500. The van der Waals surface area contributed by atoms with Crippen LogP contribution in [0, 0.1) is 0 Å². The minimum absolute atomic E-state index is 0.253. The second-order valence-electron chi connectivity index (χ2n) is 5.74. The second kappa shape index (κ2) is 5.29. The van der Waals surface area contributed by atoms with Gasteiger partial charge in [-0.25, -0.2) is 4.79 Å². The van der Waals surface area contributed by atoms with Gasteiger partial charge in [0.05, 0.1) is 6.04 Å². The molecule has 0 unspecified atom stereocenters. The van der Waals surface area contributed by atoms with E-state index in [1.807, 2.05) is 45.0 Å². The summed E-state index contributed by atoms with van der Waals surface area (Å²) in [6.07, 6.45) is -0.253. The number of benzene rings is 1. The fourth-order valence-corrected chi connectivity index (χ4v) is 2.05. The number of anilines is 1. The van der Waals surface area contributed by atoms with Crippen LogP contribution in [-0.4, -0.2) is 35.7 Å². The lowest BCUT2D eigenvalue weighted by Crippen LogP contribution is -2.57. The van der Waals surface area contributed by atoms with Crippen molar-refractivity contribution in [3.05, 3.63) is 29.3 Å². The number of hydrogen-bond acceptors (Lipinski definition) is 3. The Hall–Kier alpha value is -1.42. The number of hydrogen-bond donors (Lipinski definition) is 1. The number of carbonyl (C=O) groups is 1. The highest BCUT2D eigenvalue weighted by Gasteiger charge is 2.33. The Kier molecular flexibility index (Phi) is 3.90. The highest BCUT2D eigenvalue weighted by atomic mass is 35.5. The summed E-state index contributed by atoms with van der Waals surface area (Å²) in [6, 6.07) is 7.82. The molecule has 1 fully saturated rings. The number of ether oxygens (including phenoxy) is 1. The first-order chi connectivity index (χ1) is 8.83. The van der Waals surface area contributed by atoms with E-state index in [0.29, 0.717) is 18.1 Å². The van der Waals surface area contributed by atoms with Gasteiger partial charge in [0.2, 0.25) is 0 Å². The summed E-state index contributed by atoms with van der Waals surface area (Å²) >= 11 is 5.92. The van der Waals surface area contributed by atoms with E-state index in [4.69, 9.17) is 16.3 Å². The molecule has 0 spiro atoms. The van der Waals surface area contributed by atoms with E-state index in [1.54, 1.807) is 4.90 Å². The van der Waals surface area contributed by atoms with Gasteiger partial charge < -0.3 is 15.0 Å². The summed E-state index contributed by atoms with van der Waals surface area (Å²) in [5.41, 5.74) is 0.532. The number of halogens is 1. The van der Waals surface area contributed by atoms with Gasteiger partial charge in [0.25, 0.3) is 0 Å². The maximum absolute atomic E-state index is 11.7. The minimum Gasteiger partial charge on any atom is -0.444 e. The van der Waals surface area contributed by atoms with Crippen molar-refractivity contribution in [3.8, 4) is 0 Å². The highest BCUT2D eigenvalue weighted by Crippen LogP contribution is 2.20. The van der Waals surface area contributed by atoms with Crippen molar-refractivity contribution in [2.45, 2.75) is 32.4 Å². The topological polar surface area (TPSA) is 41.6 Å². The largest absolute Gasteiger partial charge is 0.444 e. The number of rotatable bonds is 2. The molecule has 104 valence electrons. The predicted octanol–water partition coefficient (Wildman–Crippen LogP) is 3.37. The van der Waals surface area contributed by atoms with Crippen molar-refractivity contribution in [1.29, 1.82) is 0 Å². The summed E-state index contributed by atoms with van der Waals surface area (Å²) in [5.74, 6) is 0. The Labute approximate surface area is 118 Å². The molecule has 0 aromatic heterocycles. The average Bonchev–Trinajstić information content (AvgIpc) is 2.20. The molecule has 0 atom stereocenters. The highest BCUT2D eigenvalue weighted by molar-refractivity contribution is 6.30. The van der Waals surface area contributed by atoms with Crippen molar-refractivity contribution in [2.75, 3.05) is 18.4 Å². The van der Waals surface area contributed by atoms with Gasteiger partial charge in [-0.2, -0.15) is 0 Å². The molecule has 2 rings (SSSR count). The Morgan fingerprint density at radius 3 is 2.68 bits per heavy atom. The third kappa shape index (κ3) is 4.03. The average molecular weight is 283 g/mol. The van der Waals surface area contributed by atoms with Gasteiger partial charge in [-0.1, -0.05) is 17.7 Å². The van der Waals surface area contributed by atoms with Crippen molar-refractivity contribution in [1.82, 2.24) is 4.90 Å². The Bertz CT molecular complexity index is 465. The SMILES string of the molecule is CC(C)(C)OC(=O)N1CC(Nc2cccc(Cl)c2)C1. The zero-order valence-electron chi connectivity index (χ0n) is 11.4. The normalized spacial score (nSPS) is 15.9. The van der Waals surface area contributed by atoms with E-state index < -0.39 is 5.60 Å². The summed E-state index contributed by atoms with van der Waals surface area (Å²) in [4.78, 5) is 13.4. The molecule has 1 aromatic carbocycles. The number of nitrogens with zero attached hydrogens (tertiary/aromatic N) is 1. The molecule has 1 aliphatic heterocycles. The van der Waals surface area contributed by atoms with E-state index in [-0.39, 0.29) is 12.1 Å². The molecule has 1 aliphatic rings. The Morgan fingerprint density at radius 2 is 2.11 bits per heavy atom. The van der Waals surface area contributed by atoms with Gasteiger partial charge in [-0.15, -0.1) is 0 Å². The first-order valence-corrected chi connectivity index (χ1v) is 6.71. The van der Waals surface area contributed by atoms with Gasteiger partial charge >= 0.3 is 6.09 Å². The number of amides is 1. The molecule has 1 heterocycles. The summed E-state index contributed by atoms with van der Waals surface area (Å²) < 4.78 is 5.30. The standard InChI is InChI=1S/C14H19ClN2O2/c1-14(2,3)19-13(18)17-8-12(9-17)16-11-6-4-5-10(15)7-11/h4-7,12,16H,8-9H2,1-3H3.